The molecule has 0 unspecified atom stereocenters. The number of aromatic nitrogens is 5. The second-order valence-electron chi connectivity index (χ2n) is 7.06. The minimum atomic E-state index is -0.975. The first-order valence-corrected chi connectivity index (χ1v) is 9.83. The summed E-state index contributed by atoms with van der Waals surface area (Å²) in [6, 6.07) is 7.25. The third-order valence-corrected chi connectivity index (χ3v) is 5.12. The van der Waals surface area contributed by atoms with Gasteiger partial charge in [-0.1, -0.05) is 5.21 Å². The number of hydrogen-bond acceptors (Lipinski definition) is 7. The zero-order valence-corrected chi connectivity index (χ0v) is 16.7. The second kappa shape index (κ2) is 8.78. The number of carboxylic acid groups (broad SMARTS) is 1. The van der Waals surface area contributed by atoms with Crippen LogP contribution in [0.5, 0.6) is 0 Å². The van der Waals surface area contributed by atoms with Crippen molar-refractivity contribution in [3.63, 3.8) is 0 Å². The van der Waals surface area contributed by atoms with E-state index >= 15 is 0 Å². The number of rotatable bonds is 6. The predicted octanol–water partition coefficient (Wildman–Crippen LogP) is 0.745. The largest absolute Gasteiger partial charge is 0.465 e. The number of piperazine rings is 1. The van der Waals surface area contributed by atoms with Crippen LogP contribution in [0.2, 0.25) is 0 Å². The van der Waals surface area contributed by atoms with Gasteiger partial charge in [0.1, 0.15) is 6.29 Å². The Labute approximate surface area is 177 Å². The summed E-state index contributed by atoms with van der Waals surface area (Å²) >= 11 is 0. The molecule has 0 bridgehead atoms. The highest BCUT2D eigenvalue weighted by Gasteiger charge is 2.24. The smallest absolute Gasteiger partial charge is 0.407 e. The van der Waals surface area contributed by atoms with Gasteiger partial charge in [0.25, 0.3) is 5.56 Å². The Kier molecular flexibility index (Phi) is 5.74. The minimum Gasteiger partial charge on any atom is -0.465 e. The lowest BCUT2D eigenvalue weighted by atomic mass is 10.2. The molecule has 0 spiro atoms. The molecular formula is C20H21N7O4. The van der Waals surface area contributed by atoms with Gasteiger partial charge in [-0.15, -0.1) is 5.10 Å². The lowest BCUT2D eigenvalue weighted by Gasteiger charge is -2.33. The fraction of sp³-hybridized carbons (Fsp3) is 0.300. The van der Waals surface area contributed by atoms with Crippen molar-refractivity contribution in [3.8, 4) is 11.4 Å². The van der Waals surface area contributed by atoms with E-state index in [0.29, 0.717) is 50.4 Å². The van der Waals surface area contributed by atoms with Gasteiger partial charge in [-0.25, -0.2) is 14.5 Å². The number of hydrogen-bond donors (Lipinski definition) is 1. The number of carbonyl (C=O) groups excluding carboxylic acids is 1. The van der Waals surface area contributed by atoms with E-state index in [1.165, 1.54) is 9.47 Å². The van der Waals surface area contributed by atoms with Crippen LogP contribution in [0.15, 0.2) is 47.7 Å². The summed E-state index contributed by atoms with van der Waals surface area (Å²) < 4.78 is 3.12. The molecule has 11 heteroatoms. The molecule has 0 radical (unpaired) electrons. The lowest BCUT2D eigenvalue weighted by molar-refractivity contribution is -0.107. The van der Waals surface area contributed by atoms with Gasteiger partial charge < -0.3 is 19.7 Å². The van der Waals surface area contributed by atoms with E-state index in [1.807, 2.05) is 12.1 Å². The Balaban J connectivity index is 1.68. The first-order chi connectivity index (χ1) is 15.1. The maximum absolute atomic E-state index is 13.3. The summed E-state index contributed by atoms with van der Waals surface area (Å²) in [7, 11) is 0. The molecule has 4 rings (SSSR count). The van der Waals surface area contributed by atoms with E-state index in [0.717, 1.165) is 12.0 Å². The average molecular weight is 423 g/mol. The summed E-state index contributed by atoms with van der Waals surface area (Å²) in [5.74, 6) is 0.258. The van der Waals surface area contributed by atoms with Crippen LogP contribution >= 0.6 is 0 Å². The molecule has 0 aliphatic carbocycles. The van der Waals surface area contributed by atoms with Gasteiger partial charge >= 0.3 is 6.09 Å². The third-order valence-electron chi connectivity index (χ3n) is 5.12. The summed E-state index contributed by atoms with van der Waals surface area (Å²) in [5, 5.41) is 16.9. The van der Waals surface area contributed by atoms with Crippen molar-refractivity contribution in [2.45, 2.75) is 12.8 Å². The van der Waals surface area contributed by atoms with Crippen molar-refractivity contribution >= 4 is 18.2 Å². The van der Waals surface area contributed by atoms with E-state index in [4.69, 9.17) is 5.11 Å². The fourth-order valence-corrected chi connectivity index (χ4v) is 3.47. The maximum Gasteiger partial charge on any atom is 0.407 e. The zero-order valence-electron chi connectivity index (χ0n) is 16.7. The first kappa shape index (κ1) is 20.3. The molecule has 2 aromatic heterocycles. The van der Waals surface area contributed by atoms with Gasteiger partial charge in [-0.05, 0) is 30.7 Å². The molecule has 3 aromatic rings. The van der Waals surface area contributed by atoms with Gasteiger partial charge in [-0.3, -0.25) is 9.36 Å². The number of amides is 1. The molecule has 160 valence electrons. The SMILES string of the molecule is O=CCCc1cn(-c2ccc(-n3ccnn3)cc2)c(=O)c(N2CCN(C(=O)O)CC2)n1. The third kappa shape index (κ3) is 4.29. The summed E-state index contributed by atoms with van der Waals surface area (Å²) in [4.78, 5) is 42.9. The zero-order chi connectivity index (χ0) is 21.8. The highest BCUT2D eigenvalue weighted by molar-refractivity contribution is 5.65. The molecule has 1 aromatic carbocycles. The number of carbonyl (C=O) groups is 2. The molecular weight excluding hydrogens is 402 g/mol. The van der Waals surface area contributed by atoms with Crippen molar-refractivity contribution in [3.05, 3.63) is 58.9 Å². The molecule has 11 nitrogen and oxygen atoms in total. The van der Waals surface area contributed by atoms with Crippen molar-refractivity contribution in [2.24, 2.45) is 0 Å². The maximum atomic E-state index is 13.3. The van der Waals surface area contributed by atoms with Gasteiger partial charge in [-0.2, -0.15) is 0 Å². The van der Waals surface area contributed by atoms with Crippen LogP contribution < -0.4 is 10.5 Å². The molecule has 31 heavy (non-hydrogen) atoms. The number of aldehydes is 1. The van der Waals surface area contributed by atoms with E-state index in [2.05, 4.69) is 15.3 Å². The highest BCUT2D eigenvalue weighted by Crippen LogP contribution is 2.16. The Bertz CT molecular complexity index is 1120. The molecule has 1 saturated heterocycles. The van der Waals surface area contributed by atoms with Crippen LogP contribution in [-0.4, -0.2) is 73.1 Å². The standard InChI is InChI=1S/C20H21N7O4/c28-13-1-2-15-14-26(16-3-5-17(6-4-16)27-8-7-21-23-27)19(29)18(22-15)24-9-11-25(12-10-24)20(30)31/h3-8,13-14H,1-2,9-12H2,(H,30,31). The fourth-order valence-electron chi connectivity index (χ4n) is 3.47. The Morgan fingerprint density at radius 1 is 1.10 bits per heavy atom. The van der Waals surface area contributed by atoms with E-state index in [1.54, 1.807) is 40.3 Å². The average Bonchev–Trinajstić information content (AvgIpc) is 3.33. The molecule has 1 aliphatic heterocycles. The lowest BCUT2D eigenvalue weighted by Crippen LogP contribution is -2.50. The van der Waals surface area contributed by atoms with Crippen LogP contribution in [0.25, 0.3) is 11.4 Å². The topological polar surface area (TPSA) is 126 Å². The van der Waals surface area contributed by atoms with Crippen LogP contribution in [0.3, 0.4) is 0 Å². The van der Waals surface area contributed by atoms with Gasteiger partial charge in [0.2, 0.25) is 0 Å². The van der Waals surface area contributed by atoms with Crippen molar-refractivity contribution in [2.75, 3.05) is 31.1 Å². The van der Waals surface area contributed by atoms with Crippen molar-refractivity contribution in [1.82, 2.24) is 29.4 Å². The molecule has 1 aliphatic rings. The van der Waals surface area contributed by atoms with Gasteiger partial charge in [0, 0.05) is 44.5 Å². The molecule has 0 atom stereocenters. The molecule has 0 saturated carbocycles. The summed E-state index contributed by atoms with van der Waals surface area (Å²) in [6.45, 7) is 1.33. The number of benzene rings is 1. The monoisotopic (exact) mass is 423 g/mol. The highest BCUT2D eigenvalue weighted by atomic mass is 16.4. The molecule has 1 amide bonds. The predicted molar refractivity (Wildman–Crippen MR) is 111 cm³/mol. The Morgan fingerprint density at radius 2 is 1.81 bits per heavy atom. The van der Waals surface area contributed by atoms with Crippen molar-refractivity contribution in [1.29, 1.82) is 0 Å². The summed E-state index contributed by atoms with van der Waals surface area (Å²) in [6.07, 6.45) is 5.49. The first-order valence-electron chi connectivity index (χ1n) is 9.83. The Hall–Kier alpha value is -4.02. The van der Waals surface area contributed by atoms with Gasteiger partial charge in [0.05, 0.1) is 23.8 Å². The normalized spacial score (nSPS) is 13.9. The van der Waals surface area contributed by atoms with E-state index < -0.39 is 6.09 Å². The quantitative estimate of drug-likeness (QED) is 0.576. The van der Waals surface area contributed by atoms with E-state index in [9.17, 15) is 14.4 Å². The molecule has 1 fully saturated rings. The Morgan fingerprint density at radius 3 is 2.42 bits per heavy atom. The van der Waals surface area contributed by atoms with E-state index in [-0.39, 0.29) is 11.4 Å². The molecule has 1 N–H and O–H groups in total. The van der Waals surface area contributed by atoms with Crippen molar-refractivity contribution < 1.29 is 14.7 Å². The second-order valence-corrected chi connectivity index (χ2v) is 7.06. The number of nitrogens with zero attached hydrogens (tertiary/aromatic N) is 7. The van der Waals surface area contributed by atoms with Crippen LogP contribution in [-0.2, 0) is 11.2 Å². The summed E-state index contributed by atoms with van der Waals surface area (Å²) in [5.41, 5.74) is 1.76. The number of anilines is 1. The van der Waals surface area contributed by atoms with Crippen LogP contribution in [0.4, 0.5) is 10.6 Å². The van der Waals surface area contributed by atoms with Crippen LogP contribution in [0.1, 0.15) is 12.1 Å². The number of aryl methyl sites for hydroxylation is 1. The minimum absolute atomic E-state index is 0.258. The van der Waals surface area contributed by atoms with Crippen LogP contribution in [0, 0.1) is 0 Å². The molecule has 3 heterocycles. The van der Waals surface area contributed by atoms with Gasteiger partial charge in [0.15, 0.2) is 5.82 Å².